The fourth-order valence-corrected chi connectivity index (χ4v) is 24.7. The highest BCUT2D eigenvalue weighted by molar-refractivity contribution is 8.76. The van der Waals surface area contributed by atoms with Crippen LogP contribution in [0.5, 0.6) is 0 Å². The van der Waals surface area contributed by atoms with Crippen molar-refractivity contribution in [1.29, 1.82) is 0 Å². The maximum Gasteiger partial charge on any atom is 0.190 e. The van der Waals surface area contributed by atoms with Gasteiger partial charge in [-0.15, -0.1) is 0 Å². The third-order valence-corrected chi connectivity index (χ3v) is 26.8. The predicted octanol–water partition coefficient (Wildman–Crippen LogP) is 9.40. The molecule has 0 radical (unpaired) electrons. The van der Waals surface area contributed by atoms with Gasteiger partial charge in [0, 0.05) is 78.0 Å². The second-order valence-corrected chi connectivity index (χ2v) is 31.6. The Morgan fingerprint density at radius 3 is 2.52 bits per heavy atom. The van der Waals surface area contributed by atoms with E-state index in [-0.39, 0.29) is 65.1 Å². The first-order chi connectivity index (χ1) is 36.8. The number of ketones is 1. The van der Waals surface area contributed by atoms with Crippen LogP contribution in [-0.4, -0.2) is 109 Å². The van der Waals surface area contributed by atoms with Crippen LogP contribution in [0.2, 0.25) is 0 Å². The second-order valence-electron chi connectivity index (χ2n) is 29.0. The van der Waals surface area contributed by atoms with E-state index in [0.717, 1.165) is 68.6 Å². The Kier molecular flexibility index (Phi) is 14.8. The molecule has 77 heavy (non-hydrogen) atoms. The lowest BCUT2D eigenvalue weighted by atomic mass is 9.39. The van der Waals surface area contributed by atoms with Gasteiger partial charge in [0.25, 0.3) is 0 Å². The number of nitrogens with two attached hydrogens (primary N) is 1. The molecule has 1 saturated heterocycles. The second kappa shape index (κ2) is 20.6. The highest BCUT2D eigenvalue weighted by Crippen LogP contribution is 2.76. The number of fused-ring (bicyclic) bond motifs is 14. The summed E-state index contributed by atoms with van der Waals surface area (Å²) < 4.78 is 2.35. The molecule has 0 aromatic carbocycles. The number of carbonyl (C=O) groups excluding carboxylic acids is 1. The summed E-state index contributed by atoms with van der Waals surface area (Å²) >= 11 is 0. The number of aromatic nitrogens is 2. The number of nitrogens with one attached hydrogen (secondary N) is 2. The van der Waals surface area contributed by atoms with Gasteiger partial charge in [0.15, 0.2) is 11.7 Å². The molecule has 12 rings (SSSR count). The number of hydrogen-bond acceptors (Lipinski definition) is 11. The zero-order valence-corrected chi connectivity index (χ0v) is 49.3. The number of imidazole rings is 1. The van der Waals surface area contributed by atoms with Crippen molar-refractivity contribution in [3.05, 3.63) is 52.7 Å². The summed E-state index contributed by atoms with van der Waals surface area (Å²) in [5, 5.41) is 69.9. The van der Waals surface area contributed by atoms with Crippen LogP contribution in [-0.2, 0) is 4.79 Å². The number of rotatable bonds is 10. The van der Waals surface area contributed by atoms with E-state index < -0.39 is 52.8 Å². The standard InChI is InChI=1S/C63H96N6O6S2/c1-34(2)11-9-18-62-28-49(72)56(73)45(30-65-7)54(62)48(71)24-47-52(62)38(29-67-58(64)68-35(3)70)26-60(6)46-23-40(63(47,60)75)31-76-77-32-41(69-20-19-66-33-69)27-59(4,5)55-44-21-36-15-16-39-13-10-17-61(39,25-36)53(44)42-14-8-12-37-22-43(46)57(74)51(55)50(37)42/h19-20,24,33-41,43,45-46,49,51-54,56-57,65,70,72-75H,8-18,21-23,25-32H2,1-7H3,(H3,64,67,68)/t35-,36+,37+,38-,39-,40-,41-,43+,45+,46-,49+,51-,52+,53-,54+,56-,57+,60-,61-,62-,63-/m1/s1. The molecular formula is C63H96N6O6S2. The van der Waals surface area contributed by atoms with Gasteiger partial charge in [-0.2, -0.15) is 0 Å². The molecule has 1 aromatic rings. The molecule has 8 fully saturated rings. The maximum absolute atomic E-state index is 15.7. The summed E-state index contributed by atoms with van der Waals surface area (Å²) in [4.78, 5) is 25.4. The molecule has 426 valence electrons. The Morgan fingerprint density at radius 2 is 1.77 bits per heavy atom. The fourth-order valence-electron chi connectivity index (χ4n) is 22.0. The van der Waals surface area contributed by atoms with E-state index >= 15 is 4.79 Å². The van der Waals surface area contributed by atoms with E-state index in [1.807, 2.05) is 47.2 Å². The number of nitrogens with zero attached hydrogens (tertiary/aromatic N) is 3. The van der Waals surface area contributed by atoms with Crippen LogP contribution in [0.3, 0.4) is 0 Å². The van der Waals surface area contributed by atoms with Crippen molar-refractivity contribution in [1.82, 2.24) is 20.2 Å². The lowest BCUT2D eigenvalue weighted by Crippen LogP contribution is -2.68. The Balaban J connectivity index is 1.05. The Morgan fingerprint density at radius 1 is 0.961 bits per heavy atom. The number of hydrogen-bond donors (Lipinski definition) is 8. The summed E-state index contributed by atoms with van der Waals surface area (Å²) in [5.41, 5.74) is 11.3. The Bertz CT molecular complexity index is 2530. The molecule has 0 amide bonds. The molecule has 6 bridgehead atoms. The van der Waals surface area contributed by atoms with Gasteiger partial charge >= 0.3 is 0 Å². The Hall–Kier alpha value is -2.17. The first kappa shape index (κ1) is 55.4. The molecule has 1 spiro atoms. The highest BCUT2D eigenvalue weighted by Gasteiger charge is 2.75. The molecular weight excluding hydrogens is 1000 g/mol. The SMILES string of the molecule is CNC[C@@H]1[C@@H](O)[C@@H](O)C[C@]2(CCCC(C)C)[C@@H]3C(=CC(=O)[C@H]12)[C@]1(O)[C@H]2CSSC[C@H](n4ccnc4)CC(C)(C)C4=C5C[C@@H]6CC[C@H]7CCC[C@]7(C6)[C@@H]5C5=C6[C@@H](CCC5)C[C@H]([C@H](O)[C@H]64)[C@@H](C2)[C@@]1(C)C[C@@H]3CN=C(N)N[C@@H](C)O. The van der Waals surface area contributed by atoms with Crippen LogP contribution in [0.4, 0.5) is 0 Å². The molecule has 7 saturated carbocycles. The number of aliphatic imine (C=N–C) groups is 1. The van der Waals surface area contributed by atoms with Crippen molar-refractivity contribution >= 4 is 33.3 Å². The summed E-state index contributed by atoms with van der Waals surface area (Å²) in [5.74, 6) is 2.46. The quantitative estimate of drug-likeness (QED) is 0.0364. The zero-order chi connectivity index (χ0) is 54.1. The topological polar surface area (TPSA) is 198 Å². The molecule has 1 aliphatic heterocycles. The van der Waals surface area contributed by atoms with E-state index in [4.69, 9.17) is 10.7 Å². The van der Waals surface area contributed by atoms with Gasteiger partial charge < -0.3 is 46.5 Å². The van der Waals surface area contributed by atoms with Gasteiger partial charge in [-0.1, -0.05) is 97.8 Å². The highest BCUT2D eigenvalue weighted by atomic mass is 33.1. The lowest BCUT2D eigenvalue weighted by molar-refractivity contribution is -0.190. The molecule has 14 heteroatoms. The van der Waals surface area contributed by atoms with Crippen molar-refractivity contribution in [2.75, 3.05) is 31.6 Å². The average molecular weight is 1100 g/mol. The summed E-state index contributed by atoms with van der Waals surface area (Å²) in [6.07, 6.45) is 23.1. The third-order valence-electron chi connectivity index (χ3n) is 24.2. The minimum Gasteiger partial charge on any atom is -0.392 e. The van der Waals surface area contributed by atoms with Crippen LogP contribution in [0.1, 0.15) is 163 Å². The minimum atomic E-state index is -1.40. The number of carbonyl (C=O) groups is 1. The van der Waals surface area contributed by atoms with E-state index in [0.29, 0.717) is 60.8 Å². The number of aliphatic hydroxyl groups is 5. The smallest absolute Gasteiger partial charge is 0.190 e. The van der Waals surface area contributed by atoms with E-state index in [9.17, 15) is 25.5 Å². The fraction of sp³-hybridized carbons (Fsp3) is 0.825. The molecule has 0 unspecified atom stereocenters. The van der Waals surface area contributed by atoms with E-state index in [1.165, 1.54) is 44.9 Å². The summed E-state index contributed by atoms with van der Waals surface area (Å²) in [6.45, 7) is 14.2. The van der Waals surface area contributed by atoms with Crippen LogP contribution in [0.25, 0.3) is 0 Å². The largest absolute Gasteiger partial charge is 0.392 e. The summed E-state index contributed by atoms with van der Waals surface area (Å²) in [7, 11) is 5.65. The van der Waals surface area contributed by atoms with Crippen molar-refractivity contribution in [2.24, 2.45) is 109 Å². The normalized spacial score (nSPS) is 46.5. The number of allylic oxidation sites excluding steroid dienone is 3. The van der Waals surface area contributed by atoms with Gasteiger partial charge in [0.2, 0.25) is 0 Å². The first-order valence-corrected chi connectivity index (χ1v) is 33.4. The Labute approximate surface area is 468 Å². The molecule has 10 aliphatic carbocycles. The minimum absolute atomic E-state index is 0.0424. The van der Waals surface area contributed by atoms with Gasteiger partial charge in [-0.05, 0) is 186 Å². The molecule has 1 aromatic heterocycles. The van der Waals surface area contributed by atoms with E-state index in [2.05, 4.69) is 61.0 Å². The molecule has 9 N–H and O–H groups in total. The number of guanidine groups is 1. The van der Waals surface area contributed by atoms with Crippen LogP contribution in [0.15, 0.2) is 57.7 Å². The molecule has 21 atom stereocenters. The molecule has 12 nitrogen and oxygen atoms in total. The van der Waals surface area contributed by atoms with Crippen molar-refractivity contribution in [3.8, 4) is 0 Å². The van der Waals surface area contributed by atoms with Crippen LogP contribution in [0, 0.1) is 98.6 Å². The lowest BCUT2D eigenvalue weighted by Gasteiger charge is -2.66. The monoisotopic (exact) mass is 1100 g/mol. The van der Waals surface area contributed by atoms with Gasteiger partial charge in [0.05, 0.1) is 30.2 Å². The van der Waals surface area contributed by atoms with Crippen molar-refractivity contribution in [3.63, 3.8) is 0 Å². The van der Waals surface area contributed by atoms with Crippen LogP contribution < -0.4 is 16.4 Å². The average Bonchev–Trinajstić information content (AvgIpc) is 4.01. The van der Waals surface area contributed by atoms with Gasteiger partial charge in [0.1, 0.15) is 6.23 Å². The third kappa shape index (κ3) is 8.65. The number of aliphatic hydroxyl groups excluding tert-OH is 4. The van der Waals surface area contributed by atoms with Crippen molar-refractivity contribution < 1.29 is 30.3 Å². The molecule has 2 heterocycles. The van der Waals surface area contributed by atoms with Gasteiger partial charge in [-0.25, -0.2) is 4.98 Å². The van der Waals surface area contributed by atoms with Crippen molar-refractivity contribution in [2.45, 2.75) is 193 Å². The van der Waals surface area contributed by atoms with E-state index in [1.54, 1.807) is 29.2 Å². The van der Waals surface area contributed by atoms with Gasteiger partial charge in [-0.3, -0.25) is 9.79 Å². The maximum atomic E-state index is 15.7. The molecule has 11 aliphatic rings. The summed E-state index contributed by atoms with van der Waals surface area (Å²) in [6, 6.07) is 0.176. The first-order valence-electron chi connectivity index (χ1n) is 30.9. The van der Waals surface area contributed by atoms with Crippen LogP contribution >= 0.6 is 21.6 Å². The predicted molar refractivity (Wildman–Crippen MR) is 308 cm³/mol. The zero-order valence-electron chi connectivity index (χ0n) is 47.6.